The van der Waals surface area contributed by atoms with Crippen LogP contribution < -0.4 is 0 Å². The van der Waals surface area contributed by atoms with Crippen LogP contribution in [0.3, 0.4) is 0 Å². The van der Waals surface area contributed by atoms with Crippen molar-refractivity contribution in [2.45, 2.75) is 26.1 Å². The number of hydrogen-bond acceptors (Lipinski definition) is 5. The van der Waals surface area contributed by atoms with Crippen LogP contribution in [-0.4, -0.2) is 15.1 Å². The van der Waals surface area contributed by atoms with Gasteiger partial charge < -0.3 is 8.94 Å². The van der Waals surface area contributed by atoms with Crippen LogP contribution in [0.4, 0.5) is 0 Å². The number of oxazole rings is 1. The van der Waals surface area contributed by atoms with Crippen molar-refractivity contribution in [2.24, 2.45) is 0 Å². The quantitative estimate of drug-likeness (QED) is 0.738. The lowest BCUT2D eigenvalue weighted by molar-refractivity contribution is 0.405. The van der Waals surface area contributed by atoms with Gasteiger partial charge in [0.2, 0.25) is 5.76 Å². The molecule has 0 aliphatic rings. The smallest absolute Gasteiger partial charge is 0.295 e. The van der Waals surface area contributed by atoms with Gasteiger partial charge in [0, 0.05) is 6.92 Å². The molecule has 2 aromatic heterocycles. The largest absolute Gasteiger partial charge is 0.436 e. The molecule has 0 N–H and O–H groups in total. The molecule has 2 aromatic rings. The first kappa shape index (κ1) is 10.2. The molecule has 2 rings (SSSR count). The van der Waals surface area contributed by atoms with Crippen molar-refractivity contribution in [1.82, 2.24) is 15.1 Å². The highest BCUT2D eigenvalue weighted by Crippen LogP contribution is 2.25. The van der Waals surface area contributed by atoms with Gasteiger partial charge in [0.15, 0.2) is 11.7 Å². The van der Waals surface area contributed by atoms with Crippen LogP contribution in [0.5, 0.6) is 0 Å². The first-order chi connectivity index (χ1) is 7.08. The minimum absolute atomic E-state index is 0.285. The molecule has 1 atom stereocenters. The van der Waals surface area contributed by atoms with Gasteiger partial charge in [-0.1, -0.05) is 5.16 Å². The highest BCUT2D eigenvalue weighted by atomic mass is 35.5. The predicted octanol–water partition coefficient (Wildman–Crippen LogP) is 2.64. The van der Waals surface area contributed by atoms with E-state index in [4.69, 9.17) is 20.5 Å². The fourth-order valence-corrected chi connectivity index (χ4v) is 1.31. The Morgan fingerprint density at radius 3 is 2.47 bits per heavy atom. The number of nitrogens with zero attached hydrogens (tertiary/aromatic N) is 3. The third kappa shape index (κ3) is 1.87. The van der Waals surface area contributed by atoms with E-state index in [0.29, 0.717) is 23.4 Å². The fourth-order valence-electron chi connectivity index (χ4n) is 1.22. The van der Waals surface area contributed by atoms with Gasteiger partial charge in [-0.05, 0) is 13.8 Å². The zero-order chi connectivity index (χ0) is 11.0. The summed E-state index contributed by atoms with van der Waals surface area (Å²) < 4.78 is 10.4. The van der Waals surface area contributed by atoms with Crippen LogP contribution in [0, 0.1) is 13.8 Å². The van der Waals surface area contributed by atoms with Crippen molar-refractivity contribution in [3.63, 3.8) is 0 Å². The summed E-state index contributed by atoms with van der Waals surface area (Å²) in [5, 5.41) is 3.45. The van der Waals surface area contributed by atoms with E-state index in [-0.39, 0.29) is 5.38 Å². The standard InChI is InChI=1S/C9H10ClN3O2/c1-4(10)8-12-9(15-13-8)7-5(2)11-6(3)14-7/h4H,1-3H3. The van der Waals surface area contributed by atoms with Crippen molar-refractivity contribution in [1.29, 1.82) is 0 Å². The Bertz CT molecular complexity index is 475. The summed E-state index contributed by atoms with van der Waals surface area (Å²) in [6.45, 7) is 5.35. The van der Waals surface area contributed by atoms with Crippen molar-refractivity contribution >= 4 is 11.6 Å². The van der Waals surface area contributed by atoms with E-state index in [9.17, 15) is 0 Å². The van der Waals surface area contributed by atoms with Gasteiger partial charge in [0.1, 0.15) is 0 Å². The molecule has 0 aromatic carbocycles. The van der Waals surface area contributed by atoms with Crippen LogP contribution in [-0.2, 0) is 0 Å². The van der Waals surface area contributed by atoms with E-state index in [1.54, 1.807) is 13.8 Å². The molecule has 0 saturated heterocycles. The van der Waals surface area contributed by atoms with E-state index < -0.39 is 0 Å². The number of hydrogen-bond donors (Lipinski definition) is 0. The van der Waals surface area contributed by atoms with Crippen molar-refractivity contribution < 1.29 is 8.94 Å². The molecule has 15 heavy (non-hydrogen) atoms. The molecule has 2 heterocycles. The number of aryl methyl sites for hydroxylation is 2. The molecule has 5 nitrogen and oxygen atoms in total. The number of halogens is 1. The predicted molar refractivity (Wildman–Crippen MR) is 53.5 cm³/mol. The second-order valence-electron chi connectivity index (χ2n) is 3.22. The highest BCUT2D eigenvalue weighted by Gasteiger charge is 2.18. The van der Waals surface area contributed by atoms with Gasteiger partial charge in [0.25, 0.3) is 5.89 Å². The Labute approximate surface area is 91.5 Å². The van der Waals surface area contributed by atoms with Gasteiger partial charge in [-0.3, -0.25) is 0 Å². The molecular formula is C9H10ClN3O2. The minimum Gasteiger partial charge on any atom is -0.436 e. The van der Waals surface area contributed by atoms with Gasteiger partial charge in [-0.25, -0.2) is 4.98 Å². The number of rotatable bonds is 2. The average molecular weight is 228 g/mol. The average Bonchev–Trinajstić information content (AvgIpc) is 2.71. The molecular weight excluding hydrogens is 218 g/mol. The lowest BCUT2D eigenvalue weighted by Crippen LogP contribution is -1.86. The number of aromatic nitrogens is 3. The first-order valence-electron chi connectivity index (χ1n) is 4.50. The fraction of sp³-hybridized carbons (Fsp3) is 0.444. The zero-order valence-corrected chi connectivity index (χ0v) is 9.37. The second kappa shape index (κ2) is 3.66. The highest BCUT2D eigenvalue weighted by molar-refractivity contribution is 6.20. The third-order valence-corrected chi connectivity index (χ3v) is 2.09. The Balaban J connectivity index is 2.41. The maximum atomic E-state index is 5.82. The van der Waals surface area contributed by atoms with Gasteiger partial charge in [-0.15, -0.1) is 11.6 Å². The summed E-state index contributed by atoms with van der Waals surface area (Å²) in [7, 11) is 0. The molecule has 0 bridgehead atoms. The molecule has 0 spiro atoms. The molecule has 0 aliphatic carbocycles. The maximum absolute atomic E-state index is 5.82. The van der Waals surface area contributed by atoms with Crippen molar-refractivity contribution in [3.05, 3.63) is 17.4 Å². The topological polar surface area (TPSA) is 65.0 Å². The van der Waals surface area contributed by atoms with Crippen LogP contribution in [0.2, 0.25) is 0 Å². The van der Waals surface area contributed by atoms with Crippen LogP contribution >= 0.6 is 11.6 Å². The maximum Gasteiger partial charge on any atom is 0.295 e. The monoisotopic (exact) mass is 227 g/mol. The van der Waals surface area contributed by atoms with Gasteiger partial charge in [0.05, 0.1) is 11.1 Å². The molecule has 0 fully saturated rings. The normalized spacial score (nSPS) is 13.1. The van der Waals surface area contributed by atoms with E-state index in [0.717, 1.165) is 5.69 Å². The van der Waals surface area contributed by atoms with Gasteiger partial charge in [-0.2, -0.15) is 4.98 Å². The van der Waals surface area contributed by atoms with E-state index in [1.165, 1.54) is 0 Å². The lowest BCUT2D eigenvalue weighted by Gasteiger charge is -1.89. The minimum atomic E-state index is -0.285. The summed E-state index contributed by atoms with van der Waals surface area (Å²) in [6.07, 6.45) is 0. The Kier molecular flexibility index (Phi) is 2.48. The SMILES string of the molecule is Cc1nc(C)c(-c2nc(C(C)Cl)no2)o1. The van der Waals surface area contributed by atoms with Crippen molar-refractivity contribution in [2.75, 3.05) is 0 Å². The second-order valence-corrected chi connectivity index (χ2v) is 3.88. The van der Waals surface area contributed by atoms with E-state index >= 15 is 0 Å². The summed E-state index contributed by atoms with van der Waals surface area (Å²) in [5.74, 6) is 1.83. The summed E-state index contributed by atoms with van der Waals surface area (Å²) >= 11 is 5.82. The molecule has 1 unspecified atom stereocenters. The summed E-state index contributed by atoms with van der Waals surface area (Å²) in [4.78, 5) is 8.22. The van der Waals surface area contributed by atoms with Crippen molar-refractivity contribution in [3.8, 4) is 11.7 Å². The summed E-state index contributed by atoms with van der Waals surface area (Å²) in [6, 6.07) is 0. The molecule has 6 heteroatoms. The zero-order valence-electron chi connectivity index (χ0n) is 8.61. The molecule has 0 saturated carbocycles. The van der Waals surface area contributed by atoms with Gasteiger partial charge >= 0.3 is 0 Å². The Morgan fingerprint density at radius 1 is 1.27 bits per heavy atom. The molecule has 0 aliphatic heterocycles. The lowest BCUT2D eigenvalue weighted by atomic mass is 10.4. The Morgan fingerprint density at radius 2 is 2.00 bits per heavy atom. The van der Waals surface area contributed by atoms with Crippen LogP contribution in [0.25, 0.3) is 11.7 Å². The first-order valence-corrected chi connectivity index (χ1v) is 4.93. The molecule has 0 radical (unpaired) electrons. The summed E-state index contributed by atoms with van der Waals surface area (Å²) in [5.41, 5.74) is 0.727. The van der Waals surface area contributed by atoms with Crippen LogP contribution in [0.15, 0.2) is 8.94 Å². The number of alkyl halides is 1. The Hall–Kier alpha value is -1.36. The van der Waals surface area contributed by atoms with E-state index in [2.05, 4.69) is 15.1 Å². The molecule has 80 valence electrons. The third-order valence-electron chi connectivity index (χ3n) is 1.90. The molecule has 0 amide bonds. The van der Waals surface area contributed by atoms with E-state index in [1.807, 2.05) is 6.92 Å². The van der Waals surface area contributed by atoms with Crippen LogP contribution in [0.1, 0.15) is 29.7 Å².